The van der Waals surface area contributed by atoms with Crippen molar-refractivity contribution in [3.05, 3.63) is 34.5 Å². The van der Waals surface area contributed by atoms with Crippen LogP contribution >= 0.6 is 11.3 Å². The van der Waals surface area contributed by atoms with Gasteiger partial charge in [0.25, 0.3) is 0 Å². The molecule has 4 rings (SSSR count). The van der Waals surface area contributed by atoms with Crippen LogP contribution in [0.2, 0.25) is 0 Å². The van der Waals surface area contributed by atoms with E-state index >= 15 is 0 Å². The minimum Gasteiger partial charge on any atom is -0.379 e. The molecule has 1 atom stereocenters. The lowest BCUT2D eigenvalue weighted by atomic mass is 9.80. The molecule has 134 valence electrons. The topological polar surface area (TPSA) is 54.4 Å². The van der Waals surface area contributed by atoms with E-state index in [1.165, 1.54) is 18.5 Å². The van der Waals surface area contributed by atoms with Gasteiger partial charge in [0.2, 0.25) is 5.95 Å². The van der Waals surface area contributed by atoms with E-state index in [-0.39, 0.29) is 5.41 Å². The number of piperidine rings is 1. The fourth-order valence-corrected chi connectivity index (χ4v) is 4.62. The quantitative estimate of drug-likeness (QED) is 0.839. The van der Waals surface area contributed by atoms with Gasteiger partial charge in [-0.25, -0.2) is 15.0 Å². The van der Waals surface area contributed by atoms with Crippen molar-refractivity contribution < 1.29 is 4.74 Å². The molecule has 1 spiro atoms. The summed E-state index contributed by atoms with van der Waals surface area (Å²) >= 11 is 1.73. The summed E-state index contributed by atoms with van der Waals surface area (Å²) in [5.41, 5.74) is 1.34. The Hall–Kier alpha value is -1.57. The van der Waals surface area contributed by atoms with Crippen LogP contribution in [0.15, 0.2) is 23.8 Å². The summed E-state index contributed by atoms with van der Waals surface area (Å²) < 4.78 is 6.00. The molecule has 1 unspecified atom stereocenters. The van der Waals surface area contributed by atoms with E-state index < -0.39 is 0 Å². The monoisotopic (exact) mass is 359 g/mol. The van der Waals surface area contributed by atoms with Crippen molar-refractivity contribution in [2.45, 2.75) is 26.3 Å². The maximum Gasteiger partial charge on any atom is 0.225 e. The highest BCUT2D eigenvalue weighted by Crippen LogP contribution is 2.34. The second-order valence-electron chi connectivity index (χ2n) is 7.20. The van der Waals surface area contributed by atoms with Crippen molar-refractivity contribution in [1.29, 1.82) is 0 Å². The predicted octanol–water partition coefficient (Wildman–Crippen LogP) is 2.36. The molecule has 2 aliphatic rings. The molecule has 25 heavy (non-hydrogen) atoms. The molecule has 0 aromatic carbocycles. The standard InChI is InChI=1S/C18H25N5OS/c1-15-21-16(11-25-15)10-22-7-2-4-18(12-22)13-23(8-9-24-14-18)17-19-5-3-6-20-17/h3,5-6,11H,2,4,7-10,12-14H2,1H3. The lowest BCUT2D eigenvalue weighted by molar-refractivity contribution is 0.0103. The molecule has 7 heteroatoms. The molecule has 6 nitrogen and oxygen atoms in total. The van der Waals surface area contributed by atoms with Crippen LogP contribution in [-0.4, -0.2) is 59.2 Å². The number of aryl methyl sites for hydroxylation is 1. The SMILES string of the molecule is Cc1nc(CN2CCCC3(COCCN(c4ncccn4)C3)C2)cs1. The maximum atomic E-state index is 6.00. The number of nitrogens with zero attached hydrogens (tertiary/aromatic N) is 5. The molecule has 4 heterocycles. The van der Waals surface area contributed by atoms with E-state index in [9.17, 15) is 0 Å². The first-order valence-electron chi connectivity index (χ1n) is 8.96. The minimum absolute atomic E-state index is 0.152. The van der Waals surface area contributed by atoms with E-state index in [2.05, 4.69) is 37.1 Å². The van der Waals surface area contributed by atoms with Crippen molar-refractivity contribution in [2.75, 3.05) is 44.3 Å². The van der Waals surface area contributed by atoms with Crippen LogP contribution < -0.4 is 4.90 Å². The van der Waals surface area contributed by atoms with Gasteiger partial charge in [-0.15, -0.1) is 11.3 Å². The van der Waals surface area contributed by atoms with Gasteiger partial charge in [0.05, 0.1) is 23.9 Å². The van der Waals surface area contributed by atoms with Crippen molar-refractivity contribution in [2.24, 2.45) is 5.41 Å². The Morgan fingerprint density at radius 1 is 1.24 bits per heavy atom. The van der Waals surface area contributed by atoms with Gasteiger partial charge >= 0.3 is 0 Å². The second-order valence-corrected chi connectivity index (χ2v) is 8.26. The van der Waals surface area contributed by atoms with Gasteiger partial charge in [-0.2, -0.15) is 0 Å². The van der Waals surface area contributed by atoms with Crippen molar-refractivity contribution in [1.82, 2.24) is 19.9 Å². The van der Waals surface area contributed by atoms with Gasteiger partial charge in [0, 0.05) is 49.4 Å². The summed E-state index contributed by atoms with van der Waals surface area (Å²) in [5, 5.41) is 3.33. The molecule has 0 bridgehead atoms. The normalized spacial score (nSPS) is 25.2. The van der Waals surface area contributed by atoms with Crippen molar-refractivity contribution >= 4 is 17.3 Å². The molecular weight excluding hydrogens is 334 g/mol. The third-order valence-electron chi connectivity index (χ3n) is 5.07. The summed E-state index contributed by atoms with van der Waals surface area (Å²) in [5.74, 6) is 0.819. The van der Waals surface area contributed by atoms with Gasteiger partial charge < -0.3 is 9.64 Å². The van der Waals surface area contributed by atoms with Gasteiger partial charge in [0.15, 0.2) is 0 Å². The lowest BCUT2D eigenvalue weighted by Crippen LogP contribution is -2.50. The number of hydrogen-bond acceptors (Lipinski definition) is 7. The fourth-order valence-electron chi connectivity index (χ4n) is 4.02. The number of ether oxygens (including phenoxy) is 1. The Bertz CT molecular complexity index is 694. The zero-order valence-corrected chi connectivity index (χ0v) is 15.5. The number of hydrogen-bond donors (Lipinski definition) is 0. The van der Waals surface area contributed by atoms with E-state index in [0.717, 1.165) is 56.9 Å². The van der Waals surface area contributed by atoms with Crippen LogP contribution in [0.25, 0.3) is 0 Å². The van der Waals surface area contributed by atoms with Crippen LogP contribution in [0.5, 0.6) is 0 Å². The summed E-state index contributed by atoms with van der Waals surface area (Å²) in [6.45, 7) is 8.58. The fraction of sp³-hybridized carbons (Fsp3) is 0.611. The van der Waals surface area contributed by atoms with E-state index in [0.29, 0.717) is 0 Å². The number of likely N-dealkylation sites (tertiary alicyclic amines) is 1. The molecule has 0 amide bonds. The third-order valence-corrected chi connectivity index (χ3v) is 5.89. The largest absolute Gasteiger partial charge is 0.379 e. The van der Waals surface area contributed by atoms with Crippen LogP contribution in [0.4, 0.5) is 5.95 Å². The zero-order valence-electron chi connectivity index (χ0n) is 14.7. The molecule has 2 aliphatic heterocycles. The smallest absolute Gasteiger partial charge is 0.225 e. The second kappa shape index (κ2) is 7.35. The Kier molecular flexibility index (Phi) is 4.96. The molecule has 2 saturated heterocycles. The Balaban J connectivity index is 1.48. The average Bonchev–Trinajstić information content (AvgIpc) is 2.92. The van der Waals surface area contributed by atoms with Crippen LogP contribution in [0.1, 0.15) is 23.5 Å². The Morgan fingerprint density at radius 2 is 2.12 bits per heavy atom. The number of thiazole rings is 1. The van der Waals surface area contributed by atoms with Crippen molar-refractivity contribution in [3.8, 4) is 0 Å². The lowest BCUT2D eigenvalue weighted by Gasteiger charge is -2.43. The number of rotatable bonds is 3. The van der Waals surface area contributed by atoms with Gasteiger partial charge in [-0.1, -0.05) is 0 Å². The summed E-state index contributed by atoms with van der Waals surface area (Å²) in [6, 6.07) is 1.87. The summed E-state index contributed by atoms with van der Waals surface area (Å²) in [4.78, 5) is 18.4. The van der Waals surface area contributed by atoms with E-state index in [1.807, 2.05) is 18.5 Å². The number of anilines is 1. The molecular formula is C18H25N5OS. The van der Waals surface area contributed by atoms with Gasteiger partial charge in [0.1, 0.15) is 0 Å². The molecule has 0 N–H and O–H groups in total. The Labute approximate surface area is 152 Å². The molecule has 2 fully saturated rings. The highest BCUT2D eigenvalue weighted by atomic mass is 32.1. The highest BCUT2D eigenvalue weighted by molar-refractivity contribution is 7.09. The predicted molar refractivity (Wildman–Crippen MR) is 98.9 cm³/mol. The molecule has 0 saturated carbocycles. The first-order chi connectivity index (χ1) is 12.2. The molecule has 0 radical (unpaired) electrons. The summed E-state index contributed by atoms with van der Waals surface area (Å²) in [7, 11) is 0. The van der Waals surface area contributed by atoms with E-state index in [1.54, 1.807) is 11.3 Å². The van der Waals surface area contributed by atoms with Crippen LogP contribution in [0.3, 0.4) is 0 Å². The van der Waals surface area contributed by atoms with Gasteiger partial charge in [-0.05, 0) is 32.4 Å². The first kappa shape index (κ1) is 16.9. The third kappa shape index (κ3) is 3.99. The molecule has 2 aromatic rings. The van der Waals surface area contributed by atoms with Crippen LogP contribution in [0, 0.1) is 12.3 Å². The highest BCUT2D eigenvalue weighted by Gasteiger charge is 2.39. The van der Waals surface area contributed by atoms with Crippen LogP contribution in [-0.2, 0) is 11.3 Å². The Morgan fingerprint density at radius 3 is 2.92 bits per heavy atom. The maximum absolute atomic E-state index is 6.00. The first-order valence-corrected chi connectivity index (χ1v) is 9.84. The van der Waals surface area contributed by atoms with Gasteiger partial charge in [-0.3, -0.25) is 4.90 Å². The summed E-state index contributed by atoms with van der Waals surface area (Å²) in [6.07, 6.45) is 6.04. The van der Waals surface area contributed by atoms with E-state index in [4.69, 9.17) is 4.74 Å². The molecule has 0 aliphatic carbocycles. The molecule has 2 aromatic heterocycles. The minimum atomic E-state index is 0.152. The number of aromatic nitrogens is 3. The average molecular weight is 359 g/mol. The van der Waals surface area contributed by atoms with Crippen molar-refractivity contribution in [3.63, 3.8) is 0 Å². The zero-order chi connectivity index (χ0) is 17.1.